The Morgan fingerprint density at radius 1 is 1.25 bits per heavy atom. The second-order valence-electron chi connectivity index (χ2n) is 3.36. The third kappa shape index (κ3) is 1.47. The van der Waals surface area contributed by atoms with Gasteiger partial charge in [0.2, 0.25) is 0 Å². The van der Waals surface area contributed by atoms with Crippen molar-refractivity contribution in [1.82, 2.24) is 0 Å². The highest BCUT2D eigenvalue weighted by molar-refractivity contribution is 4.83. The SMILES string of the molecule is CCOCC12COC(OC1)OC2. The van der Waals surface area contributed by atoms with Gasteiger partial charge >= 0.3 is 0 Å². The molecule has 0 unspecified atom stereocenters. The summed E-state index contributed by atoms with van der Waals surface area (Å²) >= 11 is 0. The lowest BCUT2D eigenvalue weighted by Crippen LogP contribution is -2.54. The number of rotatable bonds is 3. The zero-order valence-electron chi connectivity index (χ0n) is 7.25. The van der Waals surface area contributed by atoms with Gasteiger partial charge in [0, 0.05) is 6.61 Å². The fourth-order valence-electron chi connectivity index (χ4n) is 1.45. The minimum Gasteiger partial charge on any atom is -0.381 e. The molecule has 0 radical (unpaired) electrons. The molecule has 3 aliphatic rings. The number of fused-ring (bicyclic) bond motifs is 3. The zero-order valence-corrected chi connectivity index (χ0v) is 7.25. The molecule has 4 heteroatoms. The van der Waals surface area contributed by atoms with Gasteiger partial charge < -0.3 is 18.9 Å². The number of hydrogen-bond donors (Lipinski definition) is 0. The Labute approximate surface area is 71.7 Å². The minimum atomic E-state index is -0.423. The molecule has 3 heterocycles. The van der Waals surface area contributed by atoms with Crippen LogP contribution in [0.1, 0.15) is 6.92 Å². The van der Waals surface area contributed by atoms with E-state index in [0.29, 0.717) is 26.4 Å². The normalized spacial score (nSPS) is 40.2. The molecule has 0 saturated carbocycles. The maximum absolute atomic E-state index is 5.35. The van der Waals surface area contributed by atoms with Crippen LogP contribution in [-0.4, -0.2) is 39.5 Å². The molecule has 12 heavy (non-hydrogen) atoms. The molecule has 0 amide bonds. The Morgan fingerprint density at radius 2 is 1.83 bits per heavy atom. The summed E-state index contributed by atoms with van der Waals surface area (Å²) in [5.41, 5.74) is -0.0508. The Kier molecular flexibility index (Phi) is 2.32. The molecule has 2 bridgehead atoms. The van der Waals surface area contributed by atoms with Crippen LogP contribution in [0.25, 0.3) is 0 Å². The van der Waals surface area contributed by atoms with Crippen LogP contribution in [0.15, 0.2) is 0 Å². The van der Waals surface area contributed by atoms with E-state index in [1.54, 1.807) is 0 Å². The van der Waals surface area contributed by atoms with E-state index in [1.165, 1.54) is 0 Å². The number of ether oxygens (including phenoxy) is 4. The maximum Gasteiger partial charge on any atom is 0.271 e. The Hall–Kier alpha value is -0.160. The molecule has 0 aromatic rings. The Bertz CT molecular complexity index is 137. The van der Waals surface area contributed by atoms with Gasteiger partial charge in [-0.05, 0) is 6.92 Å². The molecule has 0 atom stereocenters. The van der Waals surface area contributed by atoms with Gasteiger partial charge in [0.15, 0.2) is 0 Å². The predicted molar refractivity (Wildman–Crippen MR) is 40.6 cm³/mol. The average molecular weight is 174 g/mol. The van der Waals surface area contributed by atoms with Crippen molar-refractivity contribution in [2.45, 2.75) is 13.4 Å². The highest BCUT2D eigenvalue weighted by atomic mass is 16.9. The van der Waals surface area contributed by atoms with E-state index in [2.05, 4.69) is 0 Å². The quantitative estimate of drug-likeness (QED) is 0.619. The molecule has 0 aromatic carbocycles. The Morgan fingerprint density at radius 3 is 2.33 bits per heavy atom. The molecule has 3 aliphatic heterocycles. The van der Waals surface area contributed by atoms with Gasteiger partial charge in [0.25, 0.3) is 6.48 Å². The summed E-state index contributed by atoms with van der Waals surface area (Å²) in [6.45, 7) is 5.02. The van der Waals surface area contributed by atoms with Gasteiger partial charge in [-0.2, -0.15) is 0 Å². The molecule has 0 aromatic heterocycles. The number of hydrogen-bond acceptors (Lipinski definition) is 4. The maximum atomic E-state index is 5.35. The summed E-state index contributed by atoms with van der Waals surface area (Å²) in [7, 11) is 0. The summed E-state index contributed by atoms with van der Waals surface area (Å²) < 4.78 is 21.1. The van der Waals surface area contributed by atoms with Crippen LogP contribution < -0.4 is 0 Å². The minimum absolute atomic E-state index is 0.0508. The molecule has 3 rings (SSSR count). The fraction of sp³-hybridized carbons (Fsp3) is 1.00. The van der Waals surface area contributed by atoms with E-state index in [0.717, 1.165) is 6.61 Å². The first-order chi connectivity index (χ1) is 5.85. The molecular weight excluding hydrogens is 160 g/mol. The van der Waals surface area contributed by atoms with Crippen LogP contribution in [0, 0.1) is 5.41 Å². The highest BCUT2D eigenvalue weighted by Gasteiger charge is 2.43. The van der Waals surface area contributed by atoms with Crippen LogP contribution in [-0.2, 0) is 18.9 Å². The standard InChI is InChI=1S/C8H14O4/c1-2-9-3-8-4-10-7(11-5-8)12-6-8/h7H,2-6H2,1H3. The second kappa shape index (κ2) is 3.30. The first kappa shape index (κ1) is 8.44. The van der Waals surface area contributed by atoms with Crippen LogP contribution in [0.3, 0.4) is 0 Å². The van der Waals surface area contributed by atoms with E-state index in [4.69, 9.17) is 18.9 Å². The lowest BCUT2D eigenvalue weighted by molar-refractivity contribution is -0.399. The topological polar surface area (TPSA) is 36.9 Å². The summed E-state index contributed by atoms with van der Waals surface area (Å²) in [5.74, 6) is 0. The molecule has 0 aliphatic carbocycles. The van der Waals surface area contributed by atoms with Crippen LogP contribution >= 0.6 is 0 Å². The van der Waals surface area contributed by atoms with Gasteiger partial charge in [0.1, 0.15) is 0 Å². The van der Waals surface area contributed by atoms with Crippen molar-refractivity contribution in [1.29, 1.82) is 0 Å². The monoisotopic (exact) mass is 174 g/mol. The average Bonchev–Trinajstić information content (AvgIpc) is 2.18. The van der Waals surface area contributed by atoms with Crippen molar-refractivity contribution < 1.29 is 18.9 Å². The zero-order chi connectivity index (χ0) is 8.44. The van der Waals surface area contributed by atoms with Crippen molar-refractivity contribution >= 4 is 0 Å². The van der Waals surface area contributed by atoms with E-state index in [9.17, 15) is 0 Å². The molecule has 3 fully saturated rings. The molecule has 0 N–H and O–H groups in total. The van der Waals surface area contributed by atoms with Gasteiger partial charge in [-0.25, -0.2) is 0 Å². The van der Waals surface area contributed by atoms with Gasteiger partial charge in [-0.15, -0.1) is 0 Å². The van der Waals surface area contributed by atoms with Gasteiger partial charge in [-0.1, -0.05) is 0 Å². The van der Waals surface area contributed by atoms with Crippen molar-refractivity contribution in [3.8, 4) is 0 Å². The predicted octanol–water partition coefficient (Wildman–Crippen LogP) is 0.370. The van der Waals surface area contributed by atoms with E-state index < -0.39 is 6.48 Å². The Balaban J connectivity index is 1.90. The van der Waals surface area contributed by atoms with Gasteiger partial charge in [-0.3, -0.25) is 0 Å². The van der Waals surface area contributed by atoms with Crippen molar-refractivity contribution in [2.75, 3.05) is 33.0 Å². The molecule has 3 saturated heterocycles. The lowest BCUT2D eigenvalue weighted by Gasteiger charge is -2.44. The van der Waals surface area contributed by atoms with Gasteiger partial charge in [0.05, 0.1) is 31.8 Å². The third-order valence-corrected chi connectivity index (χ3v) is 2.19. The second-order valence-corrected chi connectivity index (χ2v) is 3.36. The molecular formula is C8H14O4. The van der Waals surface area contributed by atoms with E-state index in [1.807, 2.05) is 6.92 Å². The van der Waals surface area contributed by atoms with E-state index >= 15 is 0 Å². The first-order valence-corrected chi connectivity index (χ1v) is 4.27. The fourth-order valence-corrected chi connectivity index (χ4v) is 1.45. The first-order valence-electron chi connectivity index (χ1n) is 4.27. The smallest absolute Gasteiger partial charge is 0.271 e. The largest absolute Gasteiger partial charge is 0.381 e. The molecule has 0 spiro atoms. The molecule has 4 nitrogen and oxygen atoms in total. The summed E-state index contributed by atoms with van der Waals surface area (Å²) in [5, 5.41) is 0. The van der Waals surface area contributed by atoms with Crippen LogP contribution in [0.4, 0.5) is 0 Å². The van der Waals surface area contributed by atoms with Crippen molar-refractivity contribution in [3.05, 3.63) is 0 Å². The van der Waals surface area contributed by atoms with E-state index in [-0.39, 0.29) is 5.41 Å². The van der Waals surface area contributed by atoms with Crippen LogP contribution in [0.2, 0.25) is 0 Å². The van der Waals surface area contributed by atoms with Crippen LogP contribution in [0.5, 0.6) is 0 Å². The molecule has 70 valence electrons. The summed E-state index contributed by atoms with van der Waals surface area (Å²) in [4.78, 5) is 0. The summed E-state index contributed by atoms with van der Waals surface area (Å²) in [6.07, 6.45) is 0. The summed E-state index contributed by atoms with van der Waals surface area (Å²) in [6, 6.07) is 0. The lowest BCUT2D eigenvalue weighted by atomic mass is 9.91. The highest BCUT2D eigenvalue weighted by Crippen LogP contribution is 2.31. The third-order valence-electron chi connectivity index (χ3n) is 2.19. The van der Waals surface area contributed by atoms with Crippen molar-refractivity contribution in [3.63, 3.8) is 0 Å². The van der Waals surface area contributed by atoms with Crippen molar-refractivity contribution in [2.24, 2.45) is 5.41 Å².